The summed E-state index contributed by atoms with van der Waals surface area (Å²) in [5, 5.41) is 13.0. The minimum atomic E-state index is -0.695. The SMILES string of the molecule is CCC(C)(O)CNc1ccc(Br)cc1N. The summed E-state index contributed by atoms with van der Waals surface area (Å²) in [5.41, 5.74) is 6.65. The summed E-state index contributed by atoms with van der Waals surface area (Å²) >= 11 is 3.34. The fourth-order valence-corrected chi connectivity index (χ4v) is 1.48. The molecular formula is C11H17BrN2O. The third kappa shape index (κ3) is 3.72. The number of aliphatic hydroxyl groups is 1. The molecule has 0 spiro atoms. The molecule has 0 amide bonds. The number of rotatable bonds is 4. The van der Waals surface area contributed by atoms with Crippen LogP contribution in [0, 0.1) is 0 Å². The molecule has 1 aromatic rings. The van der Waals surface area contributed by atoms with Gasteiger partial charge in [0.05, 0.1) is 17.0 Å². The minimum absolute atomic E-state index is 0.495. The number of nitrogen functional groups attached to an aromatic ring is 1. The number of nitrogens with one attached hydrogen (secondary N) is 1. The van der Waals surface area contributed by atoms with Gasteiger partial charge < -0.3 is 16.2 Å². The summed E-state index contributed by atoms with van der Waals surface area (Å²) in [7, 11) is 0. The van der Waals surface area contributed by atoms with Crippen LogP contribution in [0.25, 0.3) is 0 Å². The number of nitrogens with two attached hydrogens (primary N) is 1. The topological polar surface area (TPSA) is 58.3 Å². The maximum Gasteiger partial charge on any atom is 0.0788 e. The van der Waals surface area contributed by atoms with Gasteiger partial charge in [0.15, 0.2) is 0 Å². The highest BCUT2D eigenvalue weighted by atomic mass is 79.9. The van der Waals surface area contributed by atoms with Crippen molar-refractivity contribution in [2.24, 2.45) is 0 Å². The number of benzene rings is 1. The molecule has 0 radical (unpaired) electrons. The van der Waals surface area contributed by atoms with E-state index >= 15 is 0 Å². The van der Waals surface area contributed by atoms with Gasteiger partial charge >= 0.3 is 0 Å². The molecule has 0 aliphatic carbocycles. The fourth-order valence-electron chi connectivity index (χ4n) is 1.11. The van der Waals surface area contributed by atoms with E-state index in [9.17, 15) is 5.11 Å². The second-order valence-corrected chi connectivity index (χ2v) is 4.85. The van der Waals surface area contributed by atoms with Crippen LogP contribution in [0.4, 0.5) is 11.4 Å². The summed E-state index contributed by atoms with van der Waals surface area (Å²) in [6.45, 7) is 4.25. The Balaban J connectivity index is 2.66. The summed E-state index contributed by atoms with van der Waals surface area (Å²) in [5.74, 6) is 0. The van der Waals surface area contributed by atoms with E-state index < -0.39 is 5.60 Å². The largest absolute Gasteiger partial charge is 0.397 e. The average molecular weight is 273 g/mol. The Morgan fingerprint density at radius 1 is 1.53 bits per heavy atom. The number of hydrogen-bond acceptors (Lipinski definition) is 3. The highest BCUT2D eigenvalue weighted by molar-refractivity contribution is 9.10. The highest BCUT2D eigenvalue weighted by Crippen LogP contribution is 2.23. The van der Waals surface area contributed by atoms with Crippen LogP contribution >= 0.6 is 15.9 Å². The first-order chi connectivity index (χ1) is 6.94. The van der Waals surface area contributed by atoms with Gasteiger partial charge in [-0.15, -0.1) is 0 Å². The van der Waals surface area contributed by atoms with E-state index in [0.29, 0.717) is 18.7 Å². The Morgan fingerprint density at radius 3 is 2.73 bits per heavy atom. The quantitative estimate of drug-likeness (QED) is 0.739. The first-order valence-corrected chi connectivity index (χ1v) is 5.75. The van der Waals surface area contributed by atoms with Gasteiger partial charge in [0, 0.05) is 11.0 Å². The van der Waals surface area contributed by atoms with Crippen LogP contribution in [0.2, 0.25) is 0 Å². The first kappa shape index (κ1) is 12.3. The van der Waals surface area contributed by atoms with Gasteiger partial charge in [-0.05, 0) is 31.5 Å². The van der Waals surface area contributed by atoms with Crippen molar-refractivity contribution in [3.05, 3.63) is 22.7 Å². The molecule has 0 fully saturated rings. The van der Waals surface area contributed by atoms with Crippen LogP contribution in [-0.2, 0) is 0 Å². The second kappa shape index (κ2) is 4.86. The Labute approximate surface area is 98.8 Å². The Hall–Kier alpha value is -0.740. The lowest BCUT2D eigenvalue weighted by atomic mass is 10.0. The molecule has 3 nitrogen and oxygen atoms in total. The monoisotopic (exact) mass is 272 g/mol. The van der Waals surface area contributed by atoms with Crippen molar-refractivity contribution < 1.29 is 5.11 Å². The molecule has 0 aliphatic heterocycles. The van der Waals surface area contributed by atoms with Crippen LogP contribution in [0.15, 0.2) is 22.7 Å². The standard InChI is InChI=1S/C11H17BrN2O/c1-3-11(2,15)7-14-10-5-4-8(12)6-9(10)13/h4-6,14-15H,3,7,13H2,1-2H3. The summed E-state index contributed by atoms with van der Waals surface area (Å²) in [4.78, 5) is 0. The van der Waals surface area contributed by atoms with Crippen LogP contribution in [0.1, 0.15) is 20.3 Å². The fraction of sp³-hybridized carbons (Fsp3) is 0.455. The maximum atomic E-state index is 9.82. The van der Waals surface area contributed by atoms with Crippen LogP contribution in [-0.4, -0.2) is 17.3 Å². The smallest absolute Gasteiger partial charge is 0.0788 e. The van der Waals surface area contributed by atoms with Crippen LogP contribution in [0.5, 0.6) is 0 Å². The van der Waals surface area contributed by atoms with Crippen molar-refractivity contribution in [3.8, 4) is 0 Å². The average Bonchev–Trinajstić information content (AvgIpc) is 2.16. The molecule has 0 heterocycles. The molecule has 15 heavy (non-hydrogen) atoms. The second-order valence-electron chi connectivity index (χ2n) is 3.94. The van der Waals surface area contributed by atoms with E-state index in [1.807, 2.05) is 25.1 Å². The van der Waals surface area contributed by atoms with Gasteiger partial charge in [-0.3, -0.25) is 0 Å². The lowest BCUT2D eigenvalue weighted by Crippen LogP contribution is -2.32. The molecule has 84 valence electrons. The van der Waals surface area contributed by atoms with E-state index in [2.05, 4.69) is 21.2 Å². The normalized spacial score (nSPS) is 14.7. The molecule has 0 bridgehead atoms. The molecule has 0 saturated heterocycles. The summed E-state index contributed by atoms with van der Waals surface area (Å²) in [6.07, 6.45) is 0.705. The van der Waals surface area contributed by atoms with E-state index in [4.69, 9.17) is 5.73 Å². The van der Waals surface area contributed by atoms with Crippen molar-refractivity contribution in [2.75, 3.05) is 17.6 Å². The zero-order valence-corrected chi connectivity index (χ0v) is 10.6. The zero-order valence-electron chi connectivity index (χ0n) is 9.05. The van der Waals surface area contributed by atoms with Gasteiger partial charge in [-0.2, -0.15) is 0 Å². The first-order valence-electron chi connectivity index (χ1n) is 4.96. The lowest BCUT2D eigenvalue weighted by molar-refractivity contribution is 0.0697. The Bertz CT molecular complexity index is 339. The lowest BCUT2D eigenvalue weighted by Gasteiger charge is -2.22. The van der Waals surface area contributed by atoms with Crippen molar-refractivity contribution in [1.82, 2.24) is 0 Å². The number of anilines is 2. The van der Waals surface area contributed by atoms with Crippen molar-refractivity contribution in [3.63, 3.8) is 0 Å². The highest BCUT2D eigenvalue weighted by Gasteiger charge is 2.17. The van der Waals surface area contributed by atoms with E-state index in [0.717, 1.165) is 10.2 Å². The van der Waals surface area contributed by atoms with Gasteiger partial charge in [0.2, 0.25) is 0 Å². The van der Waals surface area contributed by atoms with Gasteiger partial charge in [0.1, 0.15) is 0 Å². The molecule has 0 saturated carbocycles. The number of hydrogen-bond donors (Lipinski definition) is 3. The van der Waals surface area contributed by atoms with Crippen LogP contribution in [0.3, 0.4) is 0 Å². The third-order valence-electron chi connectivity index (χ3n) is 2.43. The van der Waals surface area contributed by atoms with Gasteiger partial charge in [0.25, 0.3) is 0 Å². The molecule has 1 rings (SSSR count). The summed E-state index contributed by atoms with van der Waals surface area (Å²) in [6, 6.07) is 5.65. The molecule has 1 unspecified atom stereocenters. The molecule has 0 aliphatic rings. The summed E-state index contributed by atoms with van der Waals surface area (Å²) < 4.78 is 0.952. The molecule has 4 heteroatoms. The Morgan fingerprint density at radius 2 is 2.20 bits per heavy atom. The van der Waals surface area contributed by atoms with Crippen molar-refractivity contribution in [2.45, 2.75) is 25.9 Å². The Kier molecular flexibility index (Phi) is 3.99. The molecule has 4 N–H and O–H groups in total. The van der Waals surface area contributed by atoms with E-state index in [-0.39, 0.29) is 0 Å². The van der Waals surface area contributed by atoms with Crippen molar-refractivity contribution >= 4 is 27.3 Å². The predicted octanol–water partition coefficient (Wildman–Crippen LogP) is 2.60. The zero-order chi connectivity index (χ0) is 11.5. The van der Waals surface area contributed by atoms with Gasteiger partial charge in [-0.25, -0.2) is 0 Å². The minimum Gasteiger partial charge on any atom is -0.397 e. The predicted molar refractivity (Wildman–Crippen MR) is 68.0 cm³/mol. The molecule has 0 aromatic heterocycles. The van der Waals surface area contributed by atoms with Crippen molar-refractivity contribution in [1.29, 1.82) is 0 Å². The molecule has 1 atom stereocenters. The third-order valence-corrected chi connectivity index (χ3v) is 2.93. The van der Waals surface area contributed by atoms with E-state index in [1.54, 1.807) is 6.92 Å². The molecule has 1 aromatic carbocycles. The van der Waals surface area contributed by atoms with E-state index in [1.165, 1.54) is 0 Å². The number of halogens is 1. The van der Waals surface area contributed by atoms with Gasteiger partial charge in [-0.1, -0.05) is 22.9 Å². The van der Waals surface area contributed by atoms with Crippen LogP contribution < -0.4 is 11.1 Å². The molecular weight excluding hydrogens is 256 g/mol. The maximum absolute atomic E-state index is 9.82.